The van der Waals surface area contributed by atoms with Crippen molar-refractivity contribution in [3.05, 3.63) is 30.3 Å². The third-order valence-corrected chi connectivity index (χ3v) is 5.65. The van der Waals surface area contributed by atoms with Crippen LogP contribution in [0, 0.1) is 0 Å². The highest BCUT2D eigenvalue weighted by Crippen LogP contribution is 2.28. The number of hydrogen-bond donors (Lipinski definition) is 1. The fourth-order valence-electron chi connectivity index (χ4n) is 2.50. The molecule has 1 heterocycles. The highest BCUT2D eigenvalue weighted by Gasteiger charge is 2.34. The predicted octanol–water partition coefficient (Wildman–Crippen LogP) is 0.245. The normalized spacial score (nSPS) is 17.9. The Hall–Kier alpha value is -1.77. The smallest absolute Gasteiger partial charge is 0.347 e. The van der Waals surface area contributed by atoms with E-state index in [9.17, 15) is 18.3 Å². The minimum absolute atomic E-state index is 0.0812. The molecule has 1 saturated heterocycles. The first-order valence-electron chi connectivity index (χ1n) is 7.67. The van der Waals surface area contributed by atoms with Crippen LogP contribution >= 0.6 is 0 Å². The number of para-hydroxylation sites is 1. The number of quaternary nitrogens is 1. The van der Waals surface area contributed by atoms with Crippen LogP contribution in [0.1, 0.15) is 0 Å². The number of benzene rings is 1. The van der Waals surface area contributed by atoms with Gasteiger partial charge in [0.15, 0.2) is 11.9 Å². The SMILES string of the molecule is C[N+]1(CO)CCN(CCS(=O)(=O)[O+](N=C=O)c2ccccc2)CC1. The van der Waals surface area contributed by atoms with Crippen molar-refractivity contribution in [3.63, 3.8) is 0 Å². The molecule has 0 aromatic heterocycles. The lowest BCUT2D eigenvalue weighted by Crippen LogP contribution is -2.58. The summed E-state index contributed by atoms with van der Waals surface area (Å²) in [5.41, 5.74) is 0. The van der Waals surface area contributed by atoms with Gasteiger partial charge in [0.1, 0.15) is 5.75 Å². The number of piperazine rings is 1. The van der Waals surface area contributed by atoms with Crippen LogP contribution in [0.5, 0.6) is 5.75 Å². The third-order valence-electron chi connectivity index (χ3n) is 4.22. The maximum Gasteiger partial charge on any atom is 0.451 e. The molecule has 0 unspecified atom stereocenters. The second-order valence-corrected chi connectivity index (χ2v) is 7.90. The van der Waals surface area contributed by atoms with Gasteiger partial charge in [0.25, 0.3) is 0 Å². The first-order valence-corrected chi connectivity index (χ1v) is 9.25. The summed E-state index contributed by atoms with van der Waals surface area (Å²) < 4.78 is 27.3. The van der Waals surface area contributed by atoms with Crippen LogP contribution in [-0.2, 0) is 18.8 Å². The van der Waals surface area contributed by atoms with Crippen molar-refractivity contribution in [2.45, 2.75) is 0 Å². The summed E-state index contributed by atoms with van der Waals surface area (Å²) in [6.45, 7) is 3.35. The highest BCUT2D eigenvalue weighted by atomic mass is 32.2. The molecule has 1 N–H and O–H groups in total. The molecule has 1 aliphatic heterocycles. The number of aliphatic hydroxyl groups is 1. The molecular weight excluding hydrogens is 334 g/mol. The van der Waals surface area contributed by atoms with Gasteiger partial charge in [-0.2, -0.15) is 0 Å². The van der Waals surface area contributed by atoms with Crippen LogP contribution in [0.2, 0.25) is 0 Å². The fraction of sp³-hybridized carbons (Fsp3) is 0.533. The van der Waals surface area contributed by atoms with Gasteiger partial charge in [-0.05, 0) is 0 Å². The Morgan fingerprint density at radius 1 is 1.29 bits per heavy atom. The van der Waals surface area contributed by atoms with Crippen LogP contribution < -0.4 is 0 Å². The number of aliphatic hydroxyl groups excluding tert-OH is 1. The summed E-state index contributed by atoms with van der Waals surface area (Å²) >= 11 is 0. The summed E-state index contributed by atoms with van der Waals surface area (Å²) in [6, 6.07) is 8.12. The predicted molar refractivity (Wildman–Crippen MR) is 88.3 cm³/mol. The molecule has 0 radical (unpaired) electrons. The van der Waals surface area contributed by atoms with Gasteiger partial charge >= 0.3 is 21.9 Å². The van der Waals surface area contributed by atoms with Crippen molar-refractivity contribution in [3.8, 4) is 5.75 Å². The molecule has 0 saturated carbocycles. The van der Waals surface area contributed by atoms with Gasteiger partial charge in [0, 0.05) is 31.8 Å². The van der Waals surface area contributed by atoms with E-state index in [1.807, 2.05) is 11.9 Å². The molecule has 0 aliphatic carbocycles. The topological polar surface area (TPSA) is 89.7 Å². The van der Waals surface area contributed by atoms with Crippen LogP contribution in [0.25, 0.3) is 0 Å². The zero-order chi connectivity index (χ0) is 17.6. The monoisotopic (exact) mass is 357 g/mol. The van der Waals surface area contributed by atoms with E-state index in [0.29, 0.717) is 24.1 Å². The van der Waals surface area contributed by atoms with Crippen molar-refractivity contribution in [2.75, 3.05) is 52.3 Å². The van der Waals surface area contributed by atoms with Crippen LogP contribution in [-0.4, -0.2) is 81.2 Å². The Labute approximate surface area is 142 Å². The maximum atomic E-state index is 12.5. The van der Waals surface area contributed by atoms with Gasteiger partial charge in [0.2, 0.25) is 0 Å². The molecule has 1 aliphatic rings. The highest BCUT2D eigenvalue weighted by molar-refractivity contribution is 7.87. The van der Waals surface area contributed by atoms with Gasteiger partial charge < -0.3 is 9.59 Å². The average Bonchev–Trinajstić information content (AvgIpc) is 2.60. The summed E-state index contributed by atoms with van der Waals surface area (Å²) in [4.78, 5) is 12.6. The van der Waals surface area contributed by atoms with E-state index in [1.54, 1.807) is 22.1 Å². The standard InChI is InChI=1S/C15H23N3O5S/c1-18(14-20)10-7-17(8-11-18)9-12-24(21,22)23(16-13-19)15-5-3-2-4-6-15/h2-6,20H,7-12,14H2,1H3/q+2. The number of rotatable bonds is 7. The Balaban J connectivity index is 2.01. The molecule has 24 heavy (non-hydrogen) atoms. The molecule has 9 heteroatoms. The van der Waals surface area contributed by atoms with Crippen LogP contribution in [0.3, 0.4) is 0 Å². The first-order chi connectivity index (χ1) is 11.4. The largest absolute Gasteiger partial charge is 0.451 e. The molecular formula is C15H23N3O5S+2. The minimum atomic E-state index is -3.85. The van der Waals surface area contributed by atoms with Crippen molar-refractivity contribution in [1.82, 2.24) is 4.90 Å². The minimum Gasteiger partial charge on any atom is -0.347 e. The number of hydrogen-bond acceptors (Lipinski definition) is 6. The zero-order valence-electron chi connectivity index (χ0n) is 13.7. The summed E-state index contributed by atoms with van der Waals surface area (Å²) in [6.07, 6.45) is 1.27. The van der Waals surface area contributed by atoms with Crippen molar-refractivity contribution in [2.24, 2.45) is 5.16 Å². The molecule has 1 aromatic carbocycles. The van der Waals surface area contributed by atoms with E-state index in [0.717, 1.165) is 13.1 Å². The molecule has 0 amide bonds. The maximum absolute atomic E-state index is 12.5. The molecule has 2 rings (SSSR count). The van der Waals surface area contributed by atoms with Gasteiger partial charge in [-0.15, -0.1) is 8.42 Å². The van der Waals surface area contributed by atoms with E-state index in [4.69, 9.17) is 0 Å². The van der Waals surface area contributed by atoms with E-state index in [2.05, 4.69) is 5.16 Å². The number of carbonyl (C=O) groups excluding carboxylic acids is 1. The number of nitrogens with zero attached hydrogens (tertiary/aromatic N) is 3. The summed E-state index contributed by atoms with van der Waals surface area (Å²) in [5.74, 6) is 0.0460. The molecule has 1 fully saturated rings. The second-order valence-electron chi connectivity index (χ2n) is 6.06. The van der Waals surface area contributed by atoms with Crippen LogP contribution in [0.15, 0.2) is 35.5 Å². The van der Waals surface area contributed by atoms with E-state index in [-0.39, 0.29) is 18.2 Å². The first kappa shape index (κ1) is 18.6. The van der Waals surface area contributed by atoms with Gasteiger partial charge in [-0.3, -0.25) is 8.81 Å². The van der Waals surface area contributed by atoms with Gasteiger partial charge in [0.05, 0.1) is 20.1 Å². The third kappa shape index (κ3) is 4.62. The van der Waals surface area contributed by atoms with E-state index < -0.39 is 10.1 Å². The molecule has 1 aromatic rings. The number of likely N-dealkylation sites (N-methyl/N-ethyl adjacent to an activating group) is 1. The quantitative estimate of drug-likeness (QED) is 0.189. The lowest BCUT2D eigenvalue weighted by Gasteiger charge is -2.40. The Morgan fingerprint density at radius 2 is 1.92 bits per heavy atom. The number of isocyanates is 1. The Bertz CT molecular complexity index is 680. The Morgan fingerprint density at radius 3 is 2.46 bits per heavy atom. The van der Waals surface area contributed by atoms with E-state index in [1.165, 1.54) is 18.2 Å². The Kier molecular flexibility index (Phi) is 6.09. The van der Waals surface area contributed by atoms with Gasteiger partial charge in [-0.1, -0.05) is 18.2 Å². The molecule has 0 spiro atoms. The average molecular weight is 357 g/mol. The molecule has 132 valence electrons. The lowest BCUT2D eigenvalue weighted by molar-refractivity contribution is -0.931. The van der Waals surface area contributed by atoms with Gasteiger partial charge in [-0.25, -0.2) is 4.79 Å². The van der Waals surface area contributed by atoms with E-state index >= 15 is 0 Å². The molecule has 0 atom stereocenters. The van der Waals surface area contributed by atoms with Crippen molar-refractivity contribution < 1.29 is 26.7 Å². The summed E-state index contributed by atoms with van der Waals surface area (Å²) in [7, 11) is -1.87. The second kappa shape index (κ2) is 7.87. The lowest BCUT2D eigenvalue weighted by atomic mass is 10.3. The van der Waals surface area contributed by atoms with Crippen molar-refractivity contribution >= 4 is 16.2 Å². The fourth-order valence-corrected chi connectivity index (χ4v) is 3.69. The molecule has 0 bridgehead atoms. The zero-order valence-corrected chi connectivity index (χ0v) is 14.5. The van der Waals surface area contributed by atoms with Crippen LogP contribution in [0.4, 0.5) is 0 Å². The van der Waals surface area contributed by atoms with Crippen molar-refractivity contribution in [1.29, 1.82) is 0 Å². The molecule has 8 nitrogen and oxygen atoms in total. The summed E-state index contributed by atoms with van der Waals surface area (Å²) in [5, 5.41) is 12.6.